The van der Waals surface area contributed by atoms with Gasteiger partial charge in [-0.15, -0.1) is 14.6 Å². The Labute approximate surface area is 323 Å². The Hall–Kier alpha value is -4.82. The van der Waals surface area contributed by atoms with Crippen molar-refractivity contribution in [3.05, 3.63) is 83.1 Å². The highest BCUT2D eigenvalue weighted by Crippen LogP contribution is 2.48. The molecule has 5 aromatic rings. The Balaban J connectivity index is 1.71. The van der Waals surface area contributed by atoms with Gasteiger partial charge in [-0.2, -0.15) is 31.8 Å². The summed E-state index contributed by atoms with van der Waals surface area (Å²) >= 11 is 9.44. The highest BCUT2D eigenvalue weighted by molar-refractivity contribution is 9.12. The minimum absolute atomic E-state index is 0.00445. The molecule has 0 aliphatic heterocycles. The number of amides is 1. The van der Waals surface area contributed by atoms with Crippen LogP contribution in [-0.4, -0.2) is 63.7 Å². The number of carbonyl (C=O) groups excluding carboxylic acids is 1. The minimum atomic E-state index is -4.92. The normalized spacial score (nSPS) is 11.9. The van der Waals surface area contributed by atoms with Gasteiger partial charge in [0.15, 0.2) is 5.75 Å². The number of aromatic nitrogens is 3. The van der Waals surface area contributed by atoms with Gasteiger partial charge in [-0.1, -0.05) is 29.8 Å². The van der Waals surface area contributed by atoms with E-state index in [-0.39, 0.29) is 60.7 Å². The molecule has 0 radical (unpaired) electrons. The second-order valence-corrected chi connectivity index (χ2v) is 15.3. The molecule has 0 saturated carbocycles. The van der Waals surface area contributed by atoms with Gasteiger partial charge in [0.2, 0.25) is 17.2 Å². The molecule has 54 heavy (non-hydrogen) atoms. The quantitative estimate of drug-likeness (QED) is 0.0157. The van der Waals surface area contributed by atoms with Crippen molar-refractivity contribution in [2.24, 2.45) is 10.2 Å². The van der Waals surface area contributed by atoms with Gasteiger partial charge < -0.3 is 20.6 Å². The highest BCUT2D eigenvalue weighted by Gasteiger charge is 2.24. The maximum atomic E-state index is 12.4. The van der Waals surface area contributed by atoms with E-state index in [1.54, 1.807) is 29.2 Å². The van der Waals surface area contributed by atoms with Gasteiger partial charge in [-0.3, -0.25) is 13.9 Å². The van der Waals surface area contributed by atoms with E-state index < -0.39 is 53.1 Å². The predicted molar refractivity (Wildman–Crippen MR) is 200 cm³/mol. The van der Waals surface area contributed by atoms with Crippen molar-refractivity contribution in [2.45, 2.75) is 21.6 Å². The van der Waals surface area contributed by atoms with E-state index in [2.05, 4.69) is 67.7 Å². The van der Waals surface area contributed by atoms with Crippen LogP contribution in [0.5, 0.6) is 5.75 Å². The van der Waals surface area contributed by atoms with E-state index in [0.29, 0.717) is 12.2 Å². The summed E-state index contributed by atoms with van der Waals surface area (Å²) in [6, 6.07) is 15.3. The van der Waals surface area contributed by atoms with E-state index in [1.807, 2.05) is 13.0 Å². The molecule has 1 aromatic heterocycles. The van der Waals surface area contributed by atoms with Crippen molar-refractivity contribution in [2.75, 3.05) is 22.1 Å². The Morgan fingerprint density at radius 1 is 1.02 bits per heavy atom. The lowest BCUT2D eigenvalue weighted by atomic mass is 10.1. The van der Waals surface area contributed by atoms with Gasteiger partial charge in [-0.25, -0.2) is 5.26 Å². The molecule has 0 saturated heterocycles. The third-order valence-corrected chi connectivity index (χ3v) is 9.92. The lowest BCUT2D eigenvalue weighted by Gasteiger charge is -2.21. The van der Waals surface area contributed by atoms with Gasteiger partial charge in [0.1, 0.15) is 16.3 Å². The summed E-state index contributed by atoms with van der Waals surface area (Å²) in [5.74, 6) is -1.58. The Morgan fingerprint density at radius 3 is 2.37 bits per heavy atom. The second kappa shape index (κ2) is 16.7. The fourth-order valence-electron chi connectivity index (χ4n) is 4.80. The molecule has 1 amide bonds. The van der Waals surface area contributed by atoms with Crippen LogP contribution in [-0.2, 0) is 34.4 Å². The summed E-state index contributed by atoms with van der Waals surface area (Å²) in [7, 11) is -9.81. The molecular formula is C30H24BrClN8O11S3. The molecule has 24 heteroatoms. The van der Waals surface area contributed by atoms with Crippen LogP contribution < -0.4 is 15.5 Å². The largest absolute Gasteiger partial charge is 0.505 e. The van der Waals surface area contributed by atoms with E-state index in [1.165, 1.54) is 6.07 Å². The third-order valence-electron chi connectivity index (χ3n) is 7.04. The molecule has 0 bridgehead atoms. The SMILES string of the molecule is C=C(Br)C(=O)Nc1ccc(S(=O)(=O)O)c(N=Nc2c(SOOO)cc3cc(S(=O)(=O)O)cc(Nc4nc(Cl)nc(N(CC)c5ccccc5)n4)c3c2O)c1. The number of rotatable bonds is 14. The zero-order chi connectivity index (χ0) is 39.4. The number of hydrogen-bond donors (Lipinski definition) is 6. The Morgan fingerprint density at radius 2 is 1.74 bits per heavy atom. The average molecular weight is 884 g/mol. The Kier molecular flexibility index (Phi) is 12.5. The maximum absolute atomic E-state index is 12.4. The molecule has 0 unspecified atom stereocenters. The fourth-order valence-corrected chi connectivity index (χ4v) is 6.69. The zero-order valence-corrected chi connectivity index (χ0v) is 31.9. The first-order chi connectivity index (χ1) is 25.5. The number of halogens is 2. The number of benzene rings is 4. The molecular weight excluding hydrogens is 860 g/mol. The van der Waals surface area contributed by atoms with Crippen molar-refractivity contribution < 1.29 is 50.5 Å². The van der Waals surface area contributed by atoms with Gasteiger partial charge in [-0.05, 0) is 88.4 Å². The van der Waals surface area contributed by atoms with Crippen molar-refractivity contribution >= 4 is 117 Å². The number of phenolic OH excluding ortho intramolecular Hbond substituents is 1. The molecule has 0 aliphatic rings. The van der Waals surface area contributed by atoms with Gasteiger partial charge in [0, 0.05) is 23.3 Å². The molecule has 0 atom stereocenters. The molecule has 4 aromatic carbocycles. The predicted octanol–water partition coefficient (Wildman–Crippen LogP) is 7.47. The van der Waals surface area contributed by atoms with Crippen LogP contribution >= 0.6 is 39.6 Å². The first-order valence-electron chi connectivity index (χ1n) is 14.7. The van der Waals surface area contributed by atoms with Crippen LogP contribution in [0.4, 0.5) is 40.3 Å². The second-order valence-electron chi connectivity index (χ2n) is 10.5. The standard InChI is InChI=1S/C30H24BrClN8O11S3/c1-3-40(18-7-5-4-6-8-18)30-36-28(32)35-29(37-30)34-21-14-19(53(44,45)46)11-16-12-22(52-51-50-43)25(26(41)24(16)21)39-38-20-13-17(33-27(42)15(2)31)9-10-23(20)54(47,48)49/h4-14,41,43H,2-3H2,1H3,(H,33,42)(H,44,45,46)(H,47,48,49)(H,34,35,36,37). The molecule has 1 heterocycles. The molecule has 282 valence electrons. The first kappa shape index (κ1) is 40.4. The van der Waals surface area contributed by atoms with E-state index in [0.717, 1.165) is 30.3 Å². The maximum Gasteiger partial charge on any atom is 0.296 e. The molecule has 19 nitrogen and oxygen atoms in total. The van der Waals surface area contributed by atoms with Crippen molar-refractivity contribution in [3.63, 3.8) is 0 Å². The molecule has 0 aliphatic carbocycles. The first-order valence-corrected chi connectivity index (χ1v) is 19.5. The zero-order valence-electron chi connectivity index (χ0n) is 27.1. The van der Waals surface area contributed by atoms with E-state index in [9.17, 15) is 35.8 Å². The van der Waals surface area contributed by atoms with Crippen LogP contribution in [0.25, 0.3) is 10.8 Å². The summed E-state index contributed by atoms with van der Waals surface area (Å²) in [6.45, 7) is 5.67. The number of para-hydroxylation sites is 1. The highest BCUT2D eigenvalue weighted by atomic mass is 79.9. The number of hydrogen-bond acceptors (Lipinski definition) is 17. The van der Waals surface area contributed by atoms with E-state index >= 15 is 0 Å². The van der Waals surface area contributed by atoms with Crippen molar-refractivity contribution in [1.29, 1.82) is 0 Å². The number of anilines is 5. The van der Waals surface area contributed by atoms with Crippen LogP contribution in [0.3, 0.4) is 0 Å². The topological polar surface area (TPSA) is 275 Å². The lowest BCUT2D eigenvalue weighted by Crippen LogP contribution is -2.19. The van der Waals surface area contributed by atoms with Crippen molar-refractivity contribution in [1.82, 2.24) is 15.0 Å². The van der Waals surface area contributed by atoms with Crippen LogP contribution in [0.1, 0.15) is 6.92 Å². The Bertz CT molecular complexity index is 2530. The van der Waals surface area contributed by atoms with Gasteiger partial charge in [0.25, 0.3) is 26.1 Å². The number of phenols is 1. The summed E-state index contributed by atoms with van der Waals surface area (Å²) in [5, 5.41) is 36.8. The summed E-state index contributed by atoms with van der Waals surface area (Å²) in [5.41, 5.74) is -0.509. The van der Waals surface area contributed by atoms with E-state index in [4.69, 9.17) is 16.9 Å². The smallest absolute Gasteiger partial charge is 0.296 e. The summed E-state index contributed by atoms with van der Waals surface area (Å²) in [6.07, 6.45) is 0. The molecule has 0 fully saturated rings. The van der Waals surface area contributed by atoms with Crippen LogP contribution in [0, 0.1) is 0 Å². The monoisotopic (exact) mass is 882 g/mol. The molecule has 0 spiro atoms. The van der Waals surface area contributed by atoms with Gasteiger partial charge >= 0.3 is 0 Å². The molecule has 5 rings (SSSR count). The number of nitrogens with one attached hydrogen (secondary N) is 2. The fraction of sp³-hybridized carbons (Fsp3) is 0.0667. The average Bonchev–Trinajstić information content (AvgIpc) is 3.10. The number of fused-ring (bicyclic) bond motifs is 1. The van der Waals surface area contributed by atoms with Gasteiger partial charge in [0.05, 0.1) is 32.0 Å². The minimum Gasteiger partial charge on any atom is -0.505 e. The summed E-state index contributed by atoms with van der Waals surface area (Å²) < 4.78 is 73.4. The number of carbonyl (C=O) groups is 1. The number of nitrogens with zero attached hydrogens (tertiary/aromatic N) is 6. The lowest BCUT2D eigenvalue weighted by molar-refractivity contribution is -0.432. The molecule has 6 N–H and O–H groups in total. The van der Waals surface area contributed by atoms with Crippen LogP contribution in [0.2, 0.25) is 5.28 Å². The van der Waals surface area contributed by atoms with Crippen molar-refractivity contribution in [3.8, 4) is 5.75 Å². The van der Waals surface area contributed by atoms with Crippen LogP contribution in [0.15, 0.2) is 103 Å². The number of azo groups is 1. The summed E-state index contributed by atoms with van der Waals surface area (Å²) in [4.78, 5) is 24.9. The third kappa shape index (κ3) is 9.45. The number of aromatic hydroxyl groups is 1.